The molecule has 0 radical (unpaired) electrons. The van der Waals surface area contributed by atoms with E-state index in [4.69, 9.17) is 9.47 Å². The van der Waals surface area contributed by atoms with Crippen LogP contribution in [0.15, 0.2) is 67.0 Å². The van der Waals surface area contributed by atoms with E-state index in [1.165, 1.54) is 37.6 Å². The molecule has 1 aromatic heterocycles. The van der Waals surface area contributed by atoms with E-state index in [9.17, 15) is 14.0 Å². The molecule has 1 aliphatic heterocycles. The van der Waals surface area contributed by atoms with E-state index >= 15 is 0 Å². The average Bonchev–Trinajstić information content (AvgIpc) is 3.25. The predicted molar refractivity (Wildman–Crippen MR) is 123 cm³/mol. The fourth-order valence-corrected chi connectivity index (χ4v) is 3.48. The van der Waals surface area contributed by atoms with Gasteiger partial charge in [-0.1, -0.05) is 6.07 Å². The summed E-state index contributed by atoms with van der Waals surface area (Å²) in [7, 11) is 1.53. The highest BCUT2D eigenvalue weighted by Crippen LogP contribution is 2.34. The molecule has 168 valence electrons. The highest BCUT2D eigenvalue weighted by atomic mass is 19.1. The molecule has 1 fully saturated rings. The first-order chi connectivity index (χ1) is 16.0. The molecule has 0 unspecified atom stereocenters. The van der Waals surface area contributed by atoms with Gasteiger partial charge in [0.2, 0.25) is 11.8 Å². The minimum atomic E-state index is -0.559. The van der Waals surface area contributed by atoms with Crippen molar-refractivity contribution in [3.05, 3.63) is 78.4 Å². The maximum Gasteiger partial charge on any atom is 0.248 e. The number of anilines is 2. The Morgan fingerprint density at radius 3 is 2.73 bits per heavy atom. The summed E-state index contributed by atoms with van der Waals surface area (Å²) >= 11 is 0. The van der Waals surface area contributed by atoms with Gasteiger partial charge >= 0.3 is 0 Å². The monoisotopic (exact) mass is 447 g/mol. The Balaban J connectivity index is 1.43. The van der Waals surface area contributed by atoms with Gasteiger partial charge in [-0.05, 0) is 60.5 Å². The number of rotatable bonds is 7. The minimum Gasteiger partial charge on any atom is -0.495 e. The lowest BCUT2D eigenvalue weighted by Gasteiger charge is -2.20. The highest BCUT2D eigenvalue weighted by molar-refractivity contribution is 6.03. The van der Waals surface area contributed by atoms with Crippen molar-refractivity contribution in [1.29, 1.82) is 0 Å². The first-order valence-electron chi connectivity index (χ1n) is 10.4. The van der Waals surface area contributed by atoms with E-state index in [1.807, 2.05) is 0 Å². The lowest BCUT2D eigenvalue weighted by molar-refractivity contribution is -0.117. The summed E-state index contributed by atoms with van der Waals surface area (Å²) in [6.45, 7) is 0.610. The molecular weight excluding hydrogens is 425 g/mol. The molecule has 0 bridgehead atoms. The number of carbonyl (C=O) groups is 2. The number of benzene rings is 2. The summed E-state index contributed by atoms with van der Waals surface area (Å²) in [6.07, 6.45) is 7.17. The van der Waals surface area contributed by atoms with Gasteiger partial charge in [-0.3, -0.25) is 14.6 Å². The molecule has 2 heterocycles. The third-order valence-electron chi connectivity index (χ3n) is 5.06. The van der Waals surface area contributed by atoms with E-state index in [0.717, 1.165) is 6.42 Å². The summed E-state index contributed by atoms with van der Waals surface area (Å²) in [5.41, 5.74) is 1.64. The normalized spacial score (nSPS) is 13.4. The molecule has 1 N–H and O–H groups in total. The standard InChI is InChI=1S/C25H22FN3O4/c1-32-23-10-8-18(15-21(23)29-13-3-5-25(29)31)28-24(30)11-7-17-6-9-22(20(26)14-17)33-19-4-2-12-27-16-19/h2,4,6-12,14-16H,3,5,13H2,1H3,(H,28,30)/b11-7+. The van der Waals surface area contributed by atoms with Crippen LogP contribution >= 0.6 is 0 Å². The summed E-state index contributed by atoms with van der Waals surface area (Å²) < 4.78 is 25.2. The van der Waals surface area contributed by atoms with Gasteiger partial charge in [0.25, 0.3) is 0 Å². The Morgan fingerprint density at radius 1 is 1.18 bits per heavy atom. The molecule has 0 saturated carbocycles. The highest BCUT2D eigenvalue weighted by Gasteiger charge is 2.24. The molecular formula is C25H22FN3O4. The van der Waals surface area contributed by atoms with E-state index in [2.05, 4.69) is 10.3 Å². The summed E-state index contributed by atoms with van der Waals surface area (Å²) in [6, 6.07) is 12.9. The van der Waals surface area contributed by atoms with Crippen LogP contribution in [0.3, 0.4) is 0 Å². The van der Waals surface area contributed by atoms with Crippen molar-refractivity contribution in [2.24, 2.45) is 0 Å². The van der Waals surface area contributed by atoms with E-state index in [0.29, 0.717) is 41.4 Å². The maximum atomic E-state index is 14.4. The third kappa shape index (κ3) is 5.35. The number of aromatic nitrogens is 1. The first kappa shape index (κ1) is 22.0. The third-order valence-corrected chi connectivity index (χ3v) is 5.06. The number of nitrogens with zero attached hydrogens (tertiary/aromatic N) is 2. The second kappa shape index (κ2) is 9.95. The van der Waals surface area contributed by atoms with E-state index < -0.39 is 11.7 Å². The van der Waals surface area contributed by atoms with Gasteiger partial charge in [0.05, 0.1) is 19.0 Å². The van der Waals surface area contributed by atoms with Crippen LogP contribution in [0.1, 0.15) is 18.4 Å². The SMILES string of the molecule is COc1ccc(NC(=O)/C=C/c2ccc(Oc3cccnc3)c(F)c2)cc1N1CCCC1=O. The lowest BCUT2D eigenvalue weighted by atomic mass is 10.2. The average molecular weight is 447 g/mol. The van der Waals surface area contributed by atoms with Crippen molar-refractivity contribution >= 4 is 29.3 Å². The minimum absolute atomic E-state index is 0.0228. The van der Waals surface area contributed by atoms with Gasteiger partial charge in [-0.15, -0.1) is 0 Å². The van der Waals surface area contributed by atoms with Crippen LogP contribution in [-0.4, -0.2) is 30.5 Å². The number of nitrogens with one attached hydrogen (secondary N) is 1. The van der Waals surface area contributed by atoms with Gasteiger partial charge < -0.3 is 19.7 Å². The van der Waals surface area contributed by atoms with Crippen LogP contribution in [0, 0.1) is 5.82 Å². The van der Waals surface area contributed by atoms with Crippen LogP contribution in [0.2, 0.25) is 0 Å². The molecule has 1 saturated heterocycles. The largest absolute Gasteiger partial charge is 0.495 e. The van der Waals surface area contributed by atoms with E-state index in [1.54, 1.807) is 47.5 Å². The van der Waals surface area contributed by atoms with Gasteiger partial charge in [-0.25, -0.2) is 4.39 Å². The van der Waals surface area contributed by atoms with Crippen molar-refractivity contribution in [1.82, 2.24) is 4.98 Å². The number of carbonyl (C=O) groups excluding carboxylic acids is 2. The van der Waals surface area contributed by atoms with Crippen molar-refractivity contribution < 1.29 is 23.5 Å². The Hall–Kier alpha value is -4.20. The zero-order valence-electron chi connectivity index (χ0n) is 18.0. The molecule has 4 rings (SSSR count). The fourth-order valence-electron chi connectivity index (χ4n) is 3.48. The lowest BCUT2D eigenvalue weighted by Crippen LogP contribution is -2.24. The number of pyridine rings is 1. The molecule has 0 atom stereocenters. The summed E-state index contributed by atoms with van der Waals surface area (Å²) in [5.74, 6) is 0.115. The number of methoxy groups -OCH3 is 1. The second-order valence-corrected chi connectivity index (χ2v) is 7.34. The topological polar surface area (TPSA) is 80.8 Å². The zero-order chi connectivity index (χ0) is 23.2. The van der Waals surface area contributed by atoms with Gasteiger partial charge in [0.15, 0.2) is 11.6 Å². The van der Waals surface area contributed by atoms with Crippen LogP contribution in [0.25, 0.3) is 6.08 Å². The Morgan fingerprint density at radius 2 is 2.03 bits per heavy atom. The van der Waals surface area contributed by atoms with Crippen LogP contribution < -0.4 is 19.7 Å². The van der Waals surface area contributed by atoms with Crippen molar-refractivity contribution in [3.63, 3.8) is 0 Å². The number of halogens is 1. The van der Waals surface area contributed by atoms with Crippen molar-refractivity contribution in [2.75, 3.05) is 23.9 Å². The molecule has 2 amide bonds. The quantitative estimate of drug-likeness (QED) is 0.526. The van der Waals surface area contributed by atoms with Gasteiger partial charge in [-0.2, -0.15) is 0 Å². The Labute approximate surface area is 190 Å². The number of hydrogen-bond donors (Lipinski definition) is 1. The smallest absolute Gasteiger partial charge is 0.248 e. The summed E-state index contributed by atoms with van der Waals surface area (Å²) in [4.78, 5) is 30.1. The van der Waals surface area contributed by atoms with E-state index in [-0.39, 0.29) is 11.7 Å². The Bertz CT molecular complexity index is 1200. The number of hydrogen-bond acceptors (Lipinski definition) is 5. The van der Waals surface area contributed by atoms with Crippen LogP contribution in [0.4, 0.5) is 15.8 Å². The van der Waals surface area contributed by atoms with Gasteiger partial charge in [0, 0.05) is 30.9 Å². The molecule has 1 aliphatic rings. The van der Waals surface area contributed by atoms with Crippen LogP contribution in [0.5, 0.6) is 17.2 Å². The van der Waals surface area contributed by atoms with Crippen molar-refractivity contribution in [3.8, 4) is 17.2 Å². The molecule has 7 nitrogen and oxygen atoms in total. The molecule has 0 spiro atoms. The van der Waals surface area contributed by atoms with Gasteiger partial charge in [0.1, 0.15) is 11.5 Å². The molecule has 3 aromatic rings. The number of amides is 2. The van der Waals surface area contributed by atoms with Crippen LogP contribution in [-0.2, 0) is 9.59 Å². The van der Waals surface area contributed by atoms with Crippen molar-refractivity contribution in [2.45, 2.75) is 12.8 Å². The number of ether oxygens (including phenoxy) is 2. The summed E-state index contributed by atoms with van der Waals surface area (Å²) in [5, 5.41) is 2.76. The molecule has 2 aromatic carbocycles. The maximum absolute atomic E-state index is 14.4. The second-order valence-electron chi connectivity index (χ2n) is 7.34. The zero-order valence-corrected chi connectivity index (χ0v) is 18.0. The molecule has 8 heteroatoms. The first-order valence-corrected chi connectivity index (χ1v) is 10.4. The Kier molecular flexibility index (Phi) is 6.64. The molecule has 0 aliphatic carbocycles. The predicted octanol–water partition coefficient (Wildman–Crippen LogP) is 4.80. The fraction of sp³-hybridized carbons (Fsp3) is 0.160. The molecule has 33 heavy (non-hydrogen) atoms.